The number of nitrogens with zero attached hydrogens (tertiary/aromatic N) is 2. The van der Waals surface area contributed by atoms with Gasteiger partial charge in [0.15, 0.2) is 6.10 Å². The Labute approximate surface area is 173 Å². The minimum atomic E-state index is -1.57. The summed E-state index contributed by atoms with van der Waals surface area (Å²) in [5.74, 6) is -0.604. The number of likely N-dealkylation sites (tertiary alicyclic amines) is 1. The third-order valence-corrected chi connectivity index (χ3v) is 6.40. The summed E-state index contributed by atoms with van der Waals surface area (Å²) in [4.78, 5) is 19.2. The molecule has 4 rings (SSSR count). The Morgan fingerprint density at radius 1 is 1.07 bits per heavy atom. The largest absolute Gasteiger partial charge is 0.383 e. The highest BCUT2D eigenvalue weighted by Crippen LogP contribution is 2.28. The summed E-state index contributed by atoms with van der Waals surface area (Å²) in [6.07, 6.45) is -0.461. The van der Waals surface area contributed by atoms with Crippen LogP contribution in [0.3, 0.4) is 0 Å². The van der Waals surface area contributed by atoms with Crippen LogP contribution in [0, 0.1) is 0 Å². The Balaban J connectivity index is 1.39. The van der Waals surface area contributed by atoms with Gasteiger partial charge in [0.25, 0.3) is 5.91 Å². The molecule has 0 spiro atoms. The molecule has 29 heavy (non-hydrogen) atoms. The summed E-state index contributed by atoms with van der Waals surface area (Å²) in [5, 5.41) is 23.9. The maximum absolute atomic E-state index is 12.4. The number of hydrogen-bond donors (Lipinski definition) is 3. The second kappa shape index (κ2) is 9.00. The van der Waals surface area contributed by atoms with Crippen LogP contribution in [-0.4, -0.2) is 45.2 Å². The molecule has 2 unspecified atom stereocenters. The van der Waals surface area contributed by atoms with Crippen LogP contribution in [0.25, 0.3) is 10.2 Å². The fraction of sp³-hybridized carbons (Fsp3) is 0.364. The van der Waals surface area contributed by atoms with Gasteiger partial charge in [-0.3, -0.25) is 9.69 Å². The van der Waals surface area contributed by atoms with E-state index in [9.17, 15) is 15.0 Å². The lowest BCUT2D eigenvalue weighted by Gasteiger charge is -2.19. The minimum absolute atomic E-state index is 0.312. The van der Waals surface area contributed by atoms with Gasteiger partial charge >= 0.3 is 0 Å². The van der Waals surface area contributed by atoms with Crippen molar-refractivity contribution in [3.8, 4) is 0 Å². The number of aliphatic hydroxyl groups excluding tert-OH is 2. The van der Waals surface area contributed by atoms with Crippen molar-refractivity contribution in [2.45, 2.75) is 38.1 Å². The molecule has 2 aromatic carbocycles. The monoisotopic (exact) mass is 411 g/mol. The molecule has 6 nitrogen and oxygen atoms in total. The fourth-order valence-electron chi connectivity index (χ4n) is 3.65. The molecule has 1 fully saturated rings. The second-order valence-corrected chi connectivity index (χ2v) is 8.44. The highest BCUT2D eigenvalue weighted by atomic mass is 32.1. The molecular formula is C22H25N3O3S. The smallest absolute Gasteiger partial charge is 0.252 e. The van der Waals surface area contributed by atoms with Crippen molar-refractivity contribution in [3.05, 3.63) is 64.7 Å². The quantitative estimate of drug-likeness (QED) is 0.556. The number of fused-ring (bicyclic) bond motifs is 1. The normalized spacial score (nSPS) is 16.8. The summed E-state index contributed by atoms with van der Waals surface area (Å²) in [7, 11) is 0. The van der Waals surface area contributed by atoms with E-state index in [0.717, 1.165) is 35.4 Å². The molecule has 0 saturated carbocycles. The summed E-state index contributed by atoms with van der Waals surface area (Å²) in [6, 6.07) is 15.5. The number of carbonyl (C=O) groups excluding carboxylic acids is 1. The van der Waals surface area contributed by atoms with Gasteiger partial charge in [-0.2, -0.15) is 0 Å². The molecule has 3 N–H and O–H groups in total. The molecular weight excluding hydrogens is 386 g/mol. The number of thiazole rings is 1. The number of aromatic nitrogens is 1. The van der Waals surface area contributed by atoms with E-state index >= 15 is 0 Å². The highest BCUT2D eigenvalue weighted by Gasteiger charge is 2.28. The maximum Gasteiger partial charge on any atom is 0.252 e. The fourth-order valence-corrected chi connectivity index (χ4v) is 4.63. The van der Waals surface area contributed by atoms with Gasteiger partial charge in [0.2, 0.25) is 0 Å². The molecule has 0 radical (unpaired) electrons. The standard InChI is InChI=1S/C22H25N3O3S/c26-19(20(27)22-24-17-9-3-4-10-18(17)29-22)21(28)23-13-15-7-1-2-8-16(15)14-25-11-5-6-12-25/h1-4,7-10,19-20,26-27H,5-6,11-14H2,(H,23,28). The summed E-state index contributed by atoms with van der Waals surface area (Å²) in [5.41, 5.74) is 2.94. The number of hydrogen-bond acceptors (Lipinski definition) is 6. The van der Waals surface area contributed by atoms with E-state index in [1.54, 1.807) is 0 Å². The number of nitrogens with one attached hydrogen (secondary N) is 1. The van der Waals surface area contributed by atoms with Crippen LogP contribution in [0.4, 0.5) is 0 Å². The summed E-state index contributed by atoms with van der Waals surface area (Å²) in [6.45, 7) is 3.39. The maximum atomic E-state index is 12.4. The van der Waals surface area contributed by atoms with Gasteiger partial charge in [0, 0.05) is 13.1 Å². The Kier molecular flexibility index (Phi) is 6.20. The molecule has 1 aromatic heterocycles. The molecule has 1 aliphatic rings. The predicted molar refractivity (Wildman–Crippen MR) is 113 cm³/mol. The van der Waals surface area contributed by atoms with Gasteiger partial charge in [0.1, 0.15) is 11.1 Å². The van der Waals surface area contributed by atoms with Crippen molar-refractivity contribution in [1.29, 1.82) is 0 Å². The zero-order chi connectivity index (χ0) is 20.2. The van der Waals surface area contributed by atoms with E-state index in [0.29, 0.717) is 11.6 Å². The lowest BCUT2D eigenvalue weighted by atomic mass is 10.1. The first kappa shape index (κ1) is 20.0. The van der Waals surface area contributed by atoms with Gasteiger partial charge < -0.3 is 15.5 Å². The van der Waals surface area contributed by atoms with Crippen molar-refractivity contribution in [3.63, 3.8) is 0 Å². The third-order valence-electron chi connectivity index (χ3n) is 5.30. The predicted octanol–water partition coefficient (Wildman–Crippen LogP) is 2.60. The van der Waals surface area contributed by atoms with E-state index in [1.807, 2.05) is 42.5 Å². The Morgan fingerprint density at radius 2 is 1.76 bits per heavy atom. The molecule has 0 aliphatic carbocycles. The molecule has 1 aliphatic heterocycles. The van der Waals surface area contributed by atoms with Crippen LogP contribution < -0.4 is 5.32 Å². The summed E-state index contributed by atoms with van der Waals surface area (Å²) < 4.78 is 0.907. The van der Waals surface area contributed by atoms with E-state index in [-0.39, 0.29) is 0 Å². The van der Waals surface area contributed by atoms with Crippen LogP contribution >= 0.6 is 11.3 Å². The van der Waals surface area contributed by atoms with Crippen molar-refractivity contribution in [2.75, 3.05) is 13.1 Å². The molecule has 152 valence electrons. The Bertz CT molecular complexity index is 951. The number of aliphatic hydroxyl groups is 2. The van der Waals surface area contributed by atoms with Gasteiger partial charge in [-0.1, -0.05) is 36.4 Å². The van der Waals surface area contributed by atoms with Crippen LogP contribution in [0.5, 0.6) is 0 Å². The van der Waals surface area contributed by atoms with Crippen molar-refractivity contribution in [2.24, 2.45) is 0 Å². The number of para-hydroxylation sites is 1. The van der Waals surface area contributed by atoms with Crippen LogP contribution in [0.1, 0.15) is 35.1 Å². The van der Waals surface area contributed by atoms with Crippen molar-refractivity contribution >= 4 is 27.5 Å². The molecule has 7 heteroatoms. The molecule has 0 bridgehead atoms. The van der Waals surface area contributed by atoms with Gasteiger partial charge in [-0.05, 0) is 49.2 Å². The first-order chi connectivity index (χ1) is 14.1. The van der Waals surface area contributed by atoms with Crippen LogP contribution in [0.2, 0.25) is 0 Å². The average Bonchev–Trinajstić information content (AvgIpc) is 3.41. The molecule has 2 atom stereocenters. The summed E-state index contributed by atoms with van der Waals surface area (Å²) >= 11 is 1.28. The van der Waals surface area contributed by atoms with Crippen LogP contribution in [0.15, 0.2) is 48.5 Å². The number of amides is 1. The van der Waals surface area contributed by atoms with E-state index in [2.05, 4.69) is 21.3 Å². The lowest BCUT2D eigenvalue weighted by molar-refractivity contribution is -0.135. The number of benzene rings is 2. The zero-order valence-electron chi connectivity index (χ0n) is 16.1. The molecule has 2 heterocycles. The van der Waals surface area contributed by atoms with Crippen LogP contribution in [-0.2, 0) is 17.9 Å². The number of carbonyl (C=O) groups is 1. The van der Waals surface area contributed by atoms with Crippen molar-refractivity contribution in [1.82, 2.24) is 15.2 Å². The lowest BCUT2D eigenvalue weighted by Crippen LogP contribution is -2.38. The minimum Gasteiger partial charge on any atom is -0.383 e. The topological polar surface area (TPSA) is 85.7 Å². The van der Waals surface area contributed by atoms with Gasteiger partial charge in [-0.25, -0.2) is 4.98 Å². The Hall–Kier alpha value is -2.32. The first-order valence-corrected chi connectivity index (χ1v) is 10.7. The third kappa shape index (κ3) is 4.64. The Morgan fingerprint density at radius 3 is 2.52 bits per heavy atom. The van der Waals surface area contributed by atoms with Gasteiger partial charge in [0.05, 0.1) is 10.2 Å². The van der Waals surface area contributed by atoms with E-state index < -0.39 is 18.1 Å². The van der Waals surface area contributed by atoms with Gasteiger partial charge in [-0.15, -0.1) is 11.3 Å². The highest BCUT2D eigenvalue weighted by molar-refractivity contribution is 7.18. The van der Waals surface area contributed by atoms with E-state index in [1.165, 1.54) is 29.7 Å². The molecule has 1 amide bonds. The number of rotatable bonds is 7. The molecule has 3 aromatic rings. The first-order valence-electron chi connectivity index (χ1n) is 9.90. The zero-order valence-corrected chi connectivity index (χ0v) is 16.9. The SMILES string of the molecule is O=C(NCc1ccccc1CN1CCCC1)C(O)C(O)c1nc2ccccc2s1. The molecule has 1 saturated heterocycles. The van der Waals surface area contributed by atoms with Crippen molar-refractivity contribution < 1.29 is 15.0 Å². The van der Waals surface area contributed by atoms with E-state index in [4.69, 9.17) is 0 Å². The second-order valence-electron chi connectivity index (χ2n) is 7.38. The average molecular weight is 412 g/mol.